The number of alkyl halides is 4. The molecule has 0 spiro atoms. The maximum absolute atomic E-state index is 12.1. The minimum Gasteiger partial charge on any atom is -0.256 e. The number of hydrogen-bond acceptors (Lipinski definition) is 2. The SMILES string of the molecule is O=C(F)C(F)(SCl)C(F)(F)F. The molecule has 1 nitrogen and oxygen atoms in total. The standard InChI is InChI=1S/C3ClF5OS/c4-11-2(6,1(5)10)3(7,8)9. The van der Waals surface area contributed by atoms with Crippen LogP contribution in [-0.2, 0) is 4.79 Å². The molecule has 0 N–H and O–H groups in total. The van der Waals surface area contributed by atoms with Crippen molar-refractivity contribution in [1.82, 2.24) is 0 Å². The molecule has 0 aliphatic carbocycles. The molecule has 0 rings (SSSR count). The van der Waals surface area contributed by atoms with E-state index in [4.69, 9.17) is 0 Å². The van der Waals surface area contributed by atoms with Crippen molar-refractivity contribution in [3.05, 3.63) is 0 Å². The minimum absolute atomic E-state index is 1.06. The summed E-state index contributed by atoms with van der Waals surface area (Å²) in [7, 11) is 3.29. The quantitative estimate of drug-likeness (QED) is 0.519. The van der Waals surface area contributed by atoms with Crippen LogP contribution < -0.4 is 0 Å². The van der Waals surface area contributed by atoms with Crippen LogP contribution in [0.15, 0.2) is 0 Å². The van der Waals surface area contributed by atoms with Gasteiger partial charge in [0.05, 0.1) is 0 Å². The summed E-state index contributed by atoms with van der Waals surface area (Å²) in [6.07, 6.45) is -5.63. The average Bonchev–Trinajstić information content (AvgIpc) is 1.83. The zero-order chi connectivity index (χ0) is 9.28. The molecule has 11 heavy (non-hydrogen) atoms. The predicted octanol–water partition coefficient (Wildman–Crippen LogP) is 2.60. The van der Waals surface area contributed by atoms with E-state index in [1.54, 1.807) is 0 Å². The Hall–Kier alpha value is -0.0400. The molecule has 1 atom stereocenters. The van der Waals surface area contributed by atoms with Crippen molar-refractivity contribution in [3.63, 3.8) is 0 Å². The fraction of sp³-hybridized carbons (Fsp3) is 0.667. The van der Waals surface area contributed by atoms with Gasteiger partial charge >= 0.3 is 17.2 Å². The molecule has 0 saturated carbocycles. The van der Waals surface area contributed by atoms with Crippen LogP contribution in [0.25, 0.3) is 0 Å². The molecule has 0 aliphatic heterocycles. The molecule has 0 radical (unpaired) electrons. The van der Waals surface area contributed by atoms with Crippen LogP contribution in [0, 0.1) is 0 Å². The third-order valence-electron chi connectivity index (χ3n) is 0.724. The highest BCUT2D eigenvalue weighted by Crippen LogP contribution is 2.45. The highest BCUT2D eigenvalue weighted by atomic mass is 35.7. The van der Waals surface area contributed by atoms with Gasteiger partial charge in [0.2, 0.25) is 0 Å². The lowest BCUT2D eigenvalue weighted by molar-refractivity contribution is -0.202. The summed E-state index contributed by atoms with van der Waals surface area (Å²) in [5.74, 6) is 0. The molecular weight excluding hydrogens is 215 g/mol. The maximum atomic E-state index is 12.1. The van der Waals surface area contributed by atoms with Gasteiger partial charge in [-0.1, -0.05) is 0 Å². The smallest absolute Gasteiger partial charge is 0.256 e. The molecule has 0 fully saturated rings. The summed E-state index contributed by atoms with van der Waals surface area (Å²) in [4.78, 5) is 9.48. The van der Waals surface area contributed by atoms with Crippen molar-refractivity contribution in [2.24, 2.45) is 0 Å². The molecule has 0 bridgehead atoms. The molecule has 0 aliphatic rings. The van der Waals surface area contributed by atoms with Gasteiger partial charge in [-0.2, -0.15) is 17.6 Å². The van der Waals surface area contributed by atoms with E-state index in [2.05, 4.69) is 10.7 Å². The number of halogens is 6. The Kier molecular flexibility index (Phi) is 3.13. The zero-order valence-corrected chi connectivity index (χ0v) is 6.16. The van der Waals surface area contributed by atoms with E-state index in [0.717, 1.165) is 0 Å². The third-order valence-corrected chi connectivity index (χ3v) is 1.97. The van der Waals surface area contributed by atoms with Crippen molar-refractivity contribution in [3.8, 4) is 0 Å². The summed E-state index contributed by atoms with van der Waals surface area (Å²) in [5, 5.41) is -4.64. The summed E-state index contributed by atoms with van der Waals surface area (Å²) in [6.45, 7) is 0. The maximum Gasteiger partial charge on any atom is 0.443 e. The summed E-state index contributed by atoms with van der Waals surface area (Å²) in [6, 6.07) is -3.16. The number of rotatable bonds is 2. The summed E-state index contributed by atoms with van der Waals surface area (Å²) >= 11 is 0. The van der Waals surface area contributed by atoms with Gasteiger partial charge in [0.25, 0.3) is 0 Å². The van der Waals surface area contributed by atoms with E-state index < -0.39 is 28.2 Å². The van der Waals surface area contributed by atoms with Gasteiger partial charge in [-0.3, -0.25) is 4.79 Å². The van der Waals surface area contributed by atoms with Crippen LogP contribution in [0.2, 0.25) is 0 Å². The lowest BCUT2D eigenvalue weighted by atomic mass is 10.4. The molecule has 0 aromatic carbocycles. The first-order valence-electron chi connectivity index (χ1n) is 2.01. The Bertz CT molecular complexity index is 170. The first-order chi connectivity index (χ1) is 4.75. The molecule has 0 aromatic rings. The Balaban J connectivity index is 4.75. The largest absolute Gasteiger partial charge is 0.443 e. The van der Waals surface area contributed by atoms with E-state index in [1.807, 2.05) is 0 Å². The van der Waals surface area contributed by atoms with Crippen molar-refractivity contribution in [2.75, 3.05) is 0 Å². The normalized spacial score (nSPS) is 17.6. The fourth-order valence-electron chi connectivity index (χ4n) is 0.186. The Labute approximate surface area is 66.4 Å². The van der Waals surface area contributed by atoms with Gasteiger partial charge < -0.3 is 0 Å². The van der Waals surface area contributed by atoms with Crippen LogP contribution in [0.1, 0.15) is 0 Å². The average molecular weight is 215 g/mol. The lowest BCUT2D eigenvalue weighted by Crippen LogP contribution is -2.42. The highest BCUT2D eigenvalue weighted by molar-refractivity contribution is 8.22. The zero-order valence-electron chi connectivity index (χ0n) is 4.58. The van der Waals surface area contributed by atoms with Gasteiger partial charge in [-0.15, -0.1) is 0 Å². The summed E-state index contributed by atoms with van der Waals surface area (Å²) < 4.78 is 57.8. The molecule has 8 heteroatoms. The van der Waals surface area contributed by atoms with E-state index in [0.29, 0.717) is 0 Å². The van der Waals surface area contributed by atoms with Gasteiger partial charge in [0.15, 0.2) is 0 Å². The third kappa shape index (κ3) is 1.96. The van der Waals surface area contributed by atoms with Gasteiger partial charge in [0.1, 0.15) is 0 Å². The second-order valence-electron chi connectivity index (χ2n) is 1.44. The molecule has 1 unspecified atom stereocenters. The minimum atomic E-state index is -5.63. The van der Waals surface area contributed by atoms with Gasteiger partial charge in [0, 0.05) is 11.0 Å². The summed E-state index contributed by atoms with van der Waals surface area (Å²) in [5.41, 5.74) is 0. The van der Waals surface area contributed by atoms with Gasteiger partial charge in [-0.25, -0.2) is 4.39 Å². The van der Waals surface area contributed by atoms with Crippen LogP contribution in [-0.4, -0.2) is 17.2 Å². The highest BCUT2D eigenvalue weighted by Gasteiger charge is 2.63. The second kappa shape index (κ2) is 3.14. The number of carbonyl (C=O) groups excluding carboxylic acids is 1. The molecule has 0 heterocycles. The van der Waals surface area contributed by atoms with Crippen LogP contribution in [0.4, 0.5) is 22.0 Å². The Morgan fingerprint density at radius 3 is 1.64 bits per heavy atom. The predicted molar refractivity (Wildman–Crippen MR) is 29.5 cm³/mol. The van der Waals surface area contributed by atoms with E-state index in [9.17, 15) is 26.7 Å². The number of carbonyl (C=O) groups is 1. The van der Waals surface area contributed by atoms with Crippen LogP contribution in [0.5, 0.6) is 0 Å². The van der Waals surface area contributed by atoms with Crippen molar-refractivity contribution in [2.45, 2.75) is 11.2 Å². The molecule has 66 valence electrons. The second-order valence-corrected chi connectivity index (χ2v) is 2.62. The topological polar surface area (TPSA) is 17.1 Å². The first kappa shape index (κ1) is 11.0. The molecule has 0 amide bonds. The van der Waals surface area contributed by atoms with Crippen LogP contribution >= 0.6 is 21.7 Å². The number of hydrogen-bond donors (Lipinski definition) is 0. The van der Waals surface area contributed by atoms with Crippen LogP contribution in [0.3, 0.4) is 0 Å². The van der Waals surface area contributed by atoms with Gasteiger partial charge in [-0.05, 0) is 10.7 Å². The molecular formula is C3ClF5OS. The molecule has 0 aromatic heterocycles. The Morgan fingerprint density at radius 2 is 1.64 bits per heavy atom. The van der Waals surface area contributed by atoms with E-state index in [1.165, 1.54) is 0 Å². The Morgan fingerprint density at radius 1 is 1.27 bits per heavy atom. The van der Waals surface area contributed by atoms with E-state index >= 15 is 0 Å². The first-order valence-corrected chi connectivity index (χ1v) is 3.65. The fourth-order valence-corrected chi connectivity index (χ4v) is 0.778. The molecule has 0 saturated heterocycles. The monoisotopic (exact) mass is 214 g/mol. The van der Waals surface area contributed by atoms with Crippen molar-refractivity contribution < 1.29 is 26.7 Å². The lowest BCUT2D eigenvalue weighted by Gasteiger charge is -2.18. The van der Waals surface area contributed by atoms with Crippen molar-refractivity contribution in [1.29, 1.82) is 0 Å². The van der Waals surface area contributed by atoms with Crippen molar-refractivity contribution >= 4 is 27.7 Å². The van der Waals surface area contributed by atoms with E-state index in [-0.39, 0.29) is 0 Å².